The van der Waals surface area contributed by atoms with E-state index in [1.165, 1.54) is 0 Å². The summed E-state index contributed by atoms with van der Waals surface area (Å²) in [4.78, 5) is 17.7. The van der Waals surface area contributed by atoms with Gasteiger partial charge in [-0.2, -0.15) is 0 Å². The van der Waals surface area contributed by atoms with Gasteiger partial charge in [-0.3, -0.25) is 4.79 Å². The highest BCUT2D eigenvalue weighted by molar-refractivity contribution is 6.29. The molecule has 3 rings (SSSR count). The number of hydrogen-bond donors (Lipinski definition) is 2. The number of halogens is 1. The van der Waals surface area contributed by atoms with Crippen LogP contribution in [0.3, 0.4) is 0 Å². The van der Waals surface area contributed by atoms with Crippen LogP contribution < -0.4 is 16.0 Å². The lowest BCUT2D eigenvalue weighted by molar-refractivity contribution is -0.115. The van der Waals surface area contributed by atoms with Crippen molar-refractivity contribution >= 4 is 40.4 Å². The van der Waals surface area contributed by atoms with Gasteiger partial charge in [-0.05, 0) is 18.2 Å². The molecule has 2 heterocycles. The zero-order valence-electron chi connectivity index (χ0n) is 9.93. The molecule has 3 N–H and O–H groups in total. The Morgan fingerprint density at radius 3 is 2.89 bits per heavy atom. The molecule has 0 fully saturated rings. The molecule has 0 atom stereocenters. The summed E-state index contributed by atoms with van der Waals surface area (Å²) in [6, 6.07) is 10.8. The van der Waals surface area contributed by atoms with Gasteiger partial charge >= 0.3 is 0 Å². The summed E-state index contributed by atoms with van der Waals surface area (Å²) in [5.74, 6) is 0.464. The zero-order chi connectivity index (χ0) is 13.4. The van der Waals surface area contributed by atoms with Crippen LogP contribution in [0.5, 0.6) is 0 Å². The number of aromatic nitrogens is 1. The number of nitrogens with one attached hydrogen (secondary N) is 1. The molecule has 0 spiro atoms. The van der Waals surface area contributed by atoms with Crippen molar-refractivity contribution in [3.8, 4) is 0 Å². The molecule has 0 radical (unpaired) electrons. The molecule has 1 aliphatic heterocycles. The largest absolute Gasteiger partial charge is 0.399 e. The molecule has 1 aromatic carbocycles. The molecule has 6 heteroatoms. The standard InChI is InChI=1S/C13H11ClN4O/c14-11-5-8(15)6-12(17-11)18-7-13(19)16-9-3-1-2-4-10(9)18/h1-6H,7H2,(H2,15,17)(H,16,19). The molecular formula is C13H11ClN4O. The van der Waals surface area contributed by atoms with E-state index in [4.69, 9.17) is 17.3 Å². The van der Waals surface area contributed by atoms with Crippen molar-refractivity contribution in [2.45, 2.75) is 0 Å². The molecular weight excluding hydrogens is 264 g/mol. The summed E-state index contributed by atoms with van der Waals surface area (Å²) >= 11 is 5.91. The van der Waals surface area contributed by atoms with E-state index >= 15 is 0 Å². The molecule has 2 aromatic rings. The maximum atomic E-state index is 11.7. The number of nitrogens with zero attached hydrogens (tertiary/aromatic N) is 2. The normalized spacial score (nSPS) is 13.9. The van der Waals surface area contributed by atoms with Crippen LogP contribution in [0.15, 0.2) is 36.4 Å². The fourth-order valence-electron chi connectivity index (χ4n) is 2.08. The number of hydrogen-bond acceptors (Lipinski definition) is 4. The fourth-order valence-corrected chi connectivity index (χ4v) is 2.29. The van der Waals surface area contributed by atoms with Crippen LogP contribution >= 0.6 is 11.6 Å². The minimum atomic E-state index is -0.0981. The maximum absolute atomic E-state index is 11.7. The van der Waals surface area contributed by atoms with E-state index in [0.29, 0.717) is 16.7 Å². The SMILES string of the molecule is Nc1cc(Cl)nc(N2CC(=O)Nc3ccccc32)c1. The van der Waals surface area contributed by atoms with Gasteiger partial charge in [0.05, 0.1) is 11.4 Å². The number of nitrogen functional groups attached to an aromatic ring is 1. The van der Waals surface area contributed by atoms with E-state index in [2.05, 4.69) is 10.3 Å². The van der Waals surface area contributed by atoms with Crippen molar-refractivity contribution in [3.05, 3.63) is 41.6 Å². The van der Waals surface area contributed by atoms with Gasteiger partial charge in [0.25, 0.3) is 0 Å². The van der Waals surface area contributed by atoms with E-state index < -0.39 is 0 Å². The fraction of sp³-hybridized carbons (Fsp3) is 0.0769. The Kier molecular flexibility index (Phi) is 2.76. The molecule has 0 saturated carbocycles. The van der Waals surface area contributed by atoms with Gasteiger partial charge in [0.1, 0.15) is 17.5 Å². The van der Waals surface area contributed by atoms with Crippen molar-refractivity contribution in [1.82, 2.24) is 4.98 Å². The predicted octanol–water partition coefficient (Wildman–Crippen LogP) is 2.41. The summed E-state index contributed by atoms with van der Waals surface area (Å²) in [6.07, 6.45) is 0. The second-order valence-electron chi connectivity index (χ2n) is 4.23. The summed E-state index contributed by atoms with van der Waals surface area (Å²) in [5, 5.41) is 3.12. The van der Waals surface area contributed by atoms with Crippen LogP contribution in [0.25, 0.3) is 0 Å². The number of benzene rings is 1. The zero-order valence-corrected chi connectivity index (χ0v) is 10.7. The number of amides is 1. The first kappa shape index (κ1) is 11.8. The third-order valence-electron chi connectivity index (χ3n) is 2.85. The van der Waals surface area contributed by atoms with Gasteiger partial charge in [0, 0.05) is 11.8 Å². The van der Waals surface area contributed by atoms with Crippen molar-refractivity contribution in [1.29, 1.82) is 0 Å². The van der Waals surface area contributed by atoms with Crippen molar-refractivity contribution in [3.63, 3.8) is 0 Å². The van der Waals surface area contributed by atoms with Crippen LogP contribution in [0.1, 0.15) is 0 Å². The first-order valence-electron chi connectivity index (χ1n) is 5.73. The number of fused-ring (bicyclic) bond motifs is 1. The lowest BCUT2D eigenvalue weighted by atomic mass is 10.2. The highest BCUT2D eigenvalue weighted by Crippen LogP contribution is 2.34. The van der Waals surface area contributed by atoms with Gasteiger partial charge in [-0.1, -0.05) is 23.7 Å². The molecule has 5 nitrogen and oxygen atoms in total. The highest BCUT2D eigenvalue weighted by atomic mass is 35.5. The number of para-hydroxylation sites is 2. The lowest BCUT2D eigenvalue weighted by Crippen LogP contribution is -2.35. The summed E-state index contributed by atoms with van der Waals surface area (Å²) in [5.41, 5.74) is 7.90. The Morgan fingerprint density at radius 1 is 1.32 bits per heavy atom. The number of anilines is 4. The Labute approximate surface area is 115 Å². The predicted molar refractivity (Wildman–Crippen MR) is 75.7 cm³/mol. The minimum absolute atomic E-state index is 0.0981. The van der Waals surface area contributed by atoms with Crippen LogP contribution in [0.2, 0.25) is 5.15 Å². The molecule has 1 aliphatic rings. The smallest absolute Gasteiger partial charge is 0.244 e. The summed E-state index contributed by atoms with van der Waals surface area (Å²) in [6.45, 7) is 0.184. The third-order valence-corrected chi connectivity index (χ3v) is 3.04. The summed E-state index contributed by atoms with van der Waals surface area (Å²) < 4.78 is 0. The molecule has 0 saturated heterocycles. The molecule has 1 amide bonds. The van der Waals surface area contributed by atoms with Crippen LogP contribution in [-0.4, -0.2) is 17.4 Å². The third kappa shape index (κ3) is 2.20. The van der Waals surface area contributed by atoms with E-state index in [1.54, 1.807) is 17.0 Å². The van der Waals surface area contributed by atoms with Crippen LogP contribution in [0.4, 0.5) is 22.9 Å². The Balaban J connectivity index is 2.12. The molecule has 1 aromatic heterocycles. The number of carbonyl (C=O) groups is 1. The number of rotatable bonds is 1. The van der Waals surface area contributed by atoms with E-state index in [1.807, 2.05) is 24.3 Å². The molecule has 0 unspecified atom stereocenters. The van der Waals surface area contributed by atoms with Gasteiger partial charge in [-0.25, -0.2) is 4.98 Å². The van der Waals surface area contributed by atoms with Gasteiger partial charge in [0.15, 0.2) is 0 Å². The van der Waals surface area contributed by atoms with E-state index in [9.17, 15) is 4.79 Å². The van der Waals surface area contributed by atoms with Crippen LogP contribution in [-0.2, 0) is 4.79 Å². The monoisotopic (exact) mass is 274 g/mol. The second kappa shape index (κ2) is 4.44. The Hall–Kier alpha value is -2.27. The number of carbonyl (C=O) groups excluding carboxylic acids is 1. The first-order valence-corrected chi connectivity index (χ1v) is 6.11. The average Bonchev–Trinajstić information content (AvgIpc) is 2.36. The Morgan fingerprint density at radius 2 is 2.11 bits per heavy atom. The lowest BCUT2D eigenvalue weighted by Gasteiger charge is -2.30. The molecule has 19 heavy (non-hydrogen) atoms. The number of nitrogens with two attached hydrogens (primary N) is 1. The molecule has 0 bridgehead atoms. The second-order valence-corrected chi connectivity index (χ2v) is 4.62. The van der Waals surface area contributed by atoms with Crippen molar-refractivity contribution in [2.24, 2.45) is 0 Å². The van der Waals surface area contributed by atoms with Crippen molar-refractivity contribution < 1.29 is 4.79 Å². The first-order chi connectivity index (χ1) is 9.13. The topological polar surface area (TPSA) is 71.2 Å². The summed E-state index contributed by atoms with van der Waals surface area (Å²) in [7, 11) is 0. The minimum Gasteiger partial charge on any atom is -0.399 e. The van der Waals surface area contributed by atoms with E-state index in [0.717, 1.165) is 11.4 Å². The number of pyridine rings is 1. The van der Waals surface area contributed by atoms with Gasteiger partial charge in [-0.15, -0.1) is 0 Å². The van der Waals surface area contributed by atoms with Crippen LogP contribution in [0, 0.1) is 0 Å². The van der Waals surface area contributed by atoms with E-state index in [-0.39, 0.29) is 12.5 Å². The van der Waals surface area contributed by atoms with Gasteiger partial charge in [0.2, 0.25) is 5.91 Å². The average molecular weight is 275 g/mol. The Bertz CT molecular complexity index is 639. The maximum Gasteiger partial charge on any atom is 0.244 e. The van der Waals surface area contributed by atoms with Crippen molar-refractivity contribution in [2.75, 3.05) is 22.5 Å². The molecule has 96 valence electrons. The molecule has 0 aliphatic carbocycles. The quantitative estimate of drug-likeness (QED) is 0.784. The van der Waals surface area contributed by atoms with Gasteiger partial charge < -0.3 is 16.0 Å². The highest BCUT2D eigenvalue weighted by Gasteiger charge is 2.23.